The molecule has 0 saturated carbocycles. The molecule has 80 valence electrons. The van der Waals surface area contributed by atoms with Crippen LogP contribution in [0.25, 0.3) is 0 Å². The molecule has 15 heavy (non-hydrogen) atoms. The molecule has 0 spiro atoms. The topological polar surface area (TPSA) is 76.7 Å². The van der Waals surface area contributed by atoms with Crippen molar-refractivity contribution in [3.05, 3.63) is 28.2 Å². The molecule has 0 aliphatic heterocycles. The zero-order chi connectivity index (χ0) is 11.3. The molecule has 6 heteroatoms. The molecule has 0 heterocycles. The first-order valence-electron chi connectivity index (χ1n) is 4.05. The molecule has 2 amide bonds. The van der Waals surface area contributed by atoms with Gasteiger partial charge in [0.05, 0.1) is 13.3 Å². The van der Waals surface area contributed by atoms with Crippen molar-refractivity contribution in [3.8, 4) is 5.75 Å². The van der Waals surface area contributed by atoms with Crippen LogP contribution in [0.3, 0.4) is 0 Å². The Morgan fingerprint density at radius 2 is 2.40 bits per heavy atom. The van der Waals surface area contributed by atoms with Gasteiger partial charge < -0.3 is 10.5 Å². The zero-order valence-corrected chi connectivity index (χ0v) is 9.61. The van der Waals surface area contributed by atoms with Gasteiger partial charge in [-0.3, -0.25) is 0 Å². The lowest BCUT2D eigenvalue weighted by atomic mass is 10.2. The number of hydrazone groups is 1. The summed E-state index contributed by atoms with van der Waals surface area (Å²) in [7, 11) is 1.58. The summed E-state index contributed by atoms with van der Waals surface area (Å²) < 4.78 is 5.89. The summed E-state index contributed by atoms with van der Waals surface area (Å²) in [5, 5.41) is 3.64. The largest absolute Gasteiger partial charge is 0.497 e. The van der Waals surface area contributed by atoms with Crippen LogP contribution in [0.15, 0.2) is 27.8 Å². The number of carbonyl (C=O) groups is 1. The predicted molar refractivity (Wildman–Crippen MR) is 61.0 cm³/mol. The lowest BCUT2D eigenvalue weighted by molar-refractivity contribution is 0.249. The van der Waals surface area contributed by atoms with Crippen molar-refractivity contribution >= 4 is 28.2 Å². The second kappa shape index (κ2) is 5.35. The number of hydrogen-bond donors (Lipinski definition) is 2. The number of nitrogens with one attached hydrogen (secondary N) is 1. The van der Waals surface area contributed by atoms with Crippen molar-refractivity contribution in [2.75, 3.05) is 7.11 Å². The number of nitrogens with two attached hydrogens (primary N) is 1. The predicted octanol–water partition coefficient (Wildman–Crippen LogP) is 1.46. The second-order valence-electron chi connectivity index (χ2n) is 2.62. The summed E-state index contributed by atoms with van der Waals surface area (Å²) >= 11 is 3.34. The Hall–Kier alpha value is -1.56. The Kier molecular flexibility index (Phi) is 4.11. The fourth-order valence-corrected chi connectivity index (χ4v) is 1.26. The van der Waals surface area contributed by atoms with Crippen molar-refractivity contribution in [3.63, 3.8) is 0 Å². The number of methoxy groups -OCH3 is 1. The average Bonchev–Trinajstić information content (AvgIpc) is 2.20. The van der Waals surface area contributed by atoms with Gasteiger partial charge in [0.1, 0.15) is 5.75 Å². The van der Waals surface area contributed by atoms with E-state index in [1.807, 2.05) is 12.1 Å². The SMILES string of the molecule is COc1ccc(Br)c(C=NNC(N)=O)c1. The number of primary amides is 1. The molecule has 0 aliphatic carbocycles. The van der Waals surface area contributed by atoms with E-state index < -0.39 is 6.03 Å². The van der Waals surface area contributed by atoms with Crippen LogP contribution >= 0.6 is 15.9 Å². The van der Waals surface area contributed by atoms with E-state index in [0.29, 0.717) is 5.75 Å². The highest BCUT2D eigenvalue weighted by molar-refractivity contribution is 9.10. The number of rotatable bonds is 3. The minimum atomic E-state index is -0.703. The maximum atomic E-state index is 10.4. The molecule has 0 atom stereocenters. The molecule has 3 N–H and O–H groups in total. The van der Waals surface area contributed by atoms with Gasteiger partial charge in [-0.1, -0.05) is 15.9 Å². The number of halogens is 1. The lowest BCUT2D eigenvalue weighted by Gasteiger charge is -2.02. The first kappa shape index (κ1) is 11.5. The molecule has 0 bridgehead atoms. The second-order valence-corrected chi connectivity index (χ2v) is 3.48. The zero-order valence-electron chi connectivity index (χ0n) is 8.03. The molecular formula is C9H10BrN3O2. The first-order valence-corrected chi connectivity index (χ1v) is 4.85. The molecule has 1 aromatic rings. The van der Waals surface area contributed by atoms with Crippen LogP contribution in [0, 0.1) is 0 Å². The van der Waals surface area contributed by atoms with Gasteiger partial charge in [-0.2, -0.15) is 5.10 Å². The van der Waals surface area contributed by atoms with E-state index in [9.17, 15) is 4.79 Å². The smallest absolute Gasteiger partial charge is 0.332 e. The van der Waals surface area contributed by atoms with Crippen molar-refractivity contribution in [2.24, 2.45) is 10.8 Å². The highest BCUT2D eigenvalue weighted by atomic mass is 79.9. The van der Waals surface area contributed by atoms with E-state index in [1.165, 1.54) is 6.21 Å². The third-order valence-corrected chi connectivity index (χ3v) is 2.30. The highest BCUT2D eigenvalue weighted by Gasteiger charge is 1.99. The summed E-state index contributed by atoms with van der Waals surface area (Å²) in [5.41, 5.74) is 7.74. The monoisotopic (exact) mass is 271 g/mol. The van der Waals surface area contributed by atoms with Crippen molar-refractivity contribution in [1.29, 1.82) is 0 Å². The maximum absolute atomic E-state index is 10.4. The summed E-state index contributed by atoms with van der Waals surface area (Å²) in [6, 6.07) is 4.70. The Morgan fingerprint density at radius 1 is 1.67 bits per heavy atom. The molecule has 0 unspecified atom stereocenters. The number of hydrogen-bond acceptors (Lipinski definition) is 3. The Labute approximate surface area is 95.4 Å². The number of benzene rings is 1. The van der Waals surface area contributed by atoms with Gasteiger partial charge in [0, 0.05) is 10.0 Å². The minimum Gasteiger partial charge on any atom is -0.497 e. The van der Waals surface area contributed by atoms with Gasteiger partial charge in [0.25, 0.3) is 0 Å². The normalized spacial score (nSPS) is 10.3. The highest BCUT2D eigenvalue weighted by Crippen LogP contribution is 2.20. The van der Waals surface area contributed by atoms with Crippen LogP contribution in [0.2, 0.25) is 0 Å². The third-order valence-electron chi connectivity index (χ3n) is 1.58. The van der Waals surface area contributed by atoms with Gasteiger partial charge >= 0.3 is 6.03 Å². The van der Waals surface area contributed by atoms with Crippen molar-refractivity contribution < 1.29 is 9.53 Å². The van der Waals surface area contributed by atoms with E-state index in [0.717, 1.165) is 10.0 Å². The van der Waals surface area contributed by atoms with E-state index in [1.54, 1.807) is 13.2 Å². The average molecular weight is 272 g/mol. The number of ether oxygens (including phenoxy) is 1. The van der Waals surface area contributed by atoms with E-state index in [2.05, 4.69) is 26.5 Å². The minimum absolute atomic E-state index is 0.703. The van der Waals surface area contributed by atoms with Gasteiger partial charge in [-0.05, 0) is 18.2 Å². The number of urea groups is 1. The lowest BCUT2D eigenvalue weighted by Crippen LogP contribution is -2.24. The quantitative estimate of drug-likeness (QED) is 0.645. The van der Waals surface area contributed by atoms with Gasteiger partial charge in [-0.25, -0.2) is 10.2 Å². The molecule has 0 aromatic heterocycles. The van der Waals surface area contributed by atoms with Gasteiger partial charge in [0.15, 0.2) is 0 Å². The van der Waals surface area contributed by atoms with Crippen LogP contribution in [0.4, 0.5) is 4.79 Å². The molecule has 5 nitrogen and oxygen atoms in total. The molecule has 0 radical (unpaired) electrons. The van der Waals surface area contributed by atoms with Crippen LogP contribution in [-0.4, -0.2) is 19.4 Å². The number of nitrogens with zero attached hydrogens (tertiary/aromatic N) is 1. The number of carbonyl (C=O) groups excluding carboxylic acids is 1. The van der Waals surface area contributed by atoms with Crippen LogP contribution in [0.1, 0.15) is 5.56 Å². The van der Waals surface area contributed by atoms with E-state index in [-0.39, 0.29) is 0 Å². The van der Waals surface area contributed by atoms with Crippen LogP contribution in [-0.2, 0) is 0 Å². The summed E-state index contributed by atoms with van der Waals surface area (Å²) in [4.78, 5) is 10.4. The Balaban J connectivity index is 2.83. The summed E-state index contributed by atoms with van der Waals surface area (Å²) in [6.07, 6.45) is 1.47. The summed E-state index contributed by atoms with van der Waals surface area (Å²) in [5.74, 6) is 0.707. The van der Waals surface area contributed by atoms with E-state index >= 15 is 0 Å². The van der Waals surface area contributed by atoms with Crippen LogP contribution < -0.4 is 15.9 Å². The maximum Gasteiger partial charge on any atom is 0.332 e. The molecule has 0 aliphatic rings. The standard InChI is InChI=1S/C9H10BrN3O2/c1-15-7-2-3-8(10)6(4-7)5-12-13-9(11)14/h2-5H,1H3,(H3,11,13,14). The van der Waals surface area contributed by atoms with Gasteiger partial charge in [0.2, 0.25) is 0 Å². The summed E-state index contributed by atoms with van der Waals surface area (Å²) in [6.45, 7) is 0. The first-order chi connectivity index (χ1) is 7.13. The molecule has 0 saturated heterocycles. The molecular weight excluding hydrogens is 262 g/mol. The third kappa shape index (κ3) is 3.59. The molecule has 1 rings (SSSR count). The fourth-order valence-electron chi connectivity index (χ4n) is 0.913. The van der Waals surface area contributed by atoms with Crippen molar-refractivity contribution in [2.45, 2.75) is 0 Å². The number of amides is 2. The fraction of sp³-hybridized carbons (Fsp3) is 0.111. The molecule has 1 aromatic carbocycles. The molecule has 0 fully saturated rings. The Bertz CT molecular complexity index is 393. The Morgan fingerprint density at radius 3 is 3.00 bits per heavy atom. The van der Waals surface area contributed by atoms with Crippen LogP contribution in [0.5, 0.6) is 5.75 Å². The van der Waals surface area contributed by atoms with Gasteiger partial charge in [-0.15, -0.1) is 0 Å². The van der Waals surface area contributed by atoms with Crippen molar-refractivity contribution in [1.82, 2.24) is 5.43 Å². The van der Waals surface area contributed by atoms with E-state index in [4.69, 9.17) is 10.5 Å².